The van der Waals surface area contributed by atoms with Gasteiger partial charge >= 0.3 is 5.97 Å². The zero-order chi connectivity index (χ0) is 22.0. The van der Waals surface area contributed by atoms with Crippen molar-refractivity contribution in [3.05, 3.63) is 24.0 Å². The van der Waals surface area contributed by atoms with Crippen LogP contribution in [0.25, 0.3) is 11.2 Å². The highest BCUT2D eigenvalue weighted by Crippen LogP contribution is 2.35. The summed E-state index contributed by atoms with van der Waals surface area (Å²) < 4.78 is 33.4. The van der Waals surface area contributed by atoms with Gasteiger partial charge in [-0.3, -0.25) is 4.79 Å². The topological polar surface area (TPSA) is 85.8 Å². The van der Waals surface area contributed by atoms with Crippen molar-refractivity contribution in [1.82, 2.24) is 14.6 Å². The molecule has 0 aliphatic heterocycles. The molecular formula is C17H25F2N5O2S3. The molecule has 1 atom stereocenters. The number of nitrogens with zero attached hydrogens (tertiary/aromatic N) is 4. The fraction of sp³-hybridized carbons (Fsp3) is 0.471. The first-order valence-corrected chi connectivity index (χ1v) is 10.6. The van der Waals surface area contributed by atoms with Crippen molar-refractivity contribution in [2.75, 3.05) is 17.4 Å². The molecule has 0 aliphatic carbocycles. The molecule has 0 aliphatic rings. The lowest BCUT2D eigenvalue weighted by molar-refractivity contribution is -0.147. The summed E-state index contributed by atoms with van der Waals surface area (Å²) in [6, 6.07) is 1.55. The Hall–Kier alpha value is -1.50. The molecule has 0 aromatic carbocycles. The van der Waals surface area contributed by atoms with Gasteiger partial charge in [-0.2, -0.15) is 13.3 Å². The van der Waals surface area contributed by atoms with Crippen molar-refractivity contribution in [2.45, 2.75) is 38.5 Å². The van der Waals surface area contributed by atoms with E-state index < -0.39 is 0 Å². The number of hydrogen-bond acceptors (Lipinski definition) is 9. The lowest BCUT2D eigenvalue weighted by Crippen LogP contribution is -2.15. The number of carbonyl (C=O) groups is 1. The summed E-state index contributed by atoms with van der Waals surface area (Å²) in [7, 11) is 1.50. The number of thiol groups is 1. The summed E-state index contributed by atoms with van der Waals surface area (Å²) in [5, 5.41) is 4.07. The highest BCUT2D eigenvalue weighted by molar-refractivity contribution is 8.13. The second-order valence-corrected chi connectivity index (χ2v) is 7.38. The highest BCUT2D eigenvalue weighted by atomic mass is 32.3. The maximum absolute atomic E-state index is 13.1. The number of allylic oxidation sites excluding steroid dienone is 2. The molecule has 2 N–H and O–H groups in total. The van der Waals surface area contributed by atoms with Crippen LogP contribution in [0.2, 0.25) is 0 Å². The molecule has 0 fully saturated rings. The molecule has 162 valence electrons. The molecule has 2 aromatic rings. The monoisotopic (exact) mass is 465 g/mol. The Labute approximate surface area is 183 Å². The first-order valence-electron chi connectivity index (χ1n) is 8.81. The minimum Gasteiger partial charge on any atom is -0.466 e. The van der Waals surface area contributed by atoms with Crippen molar-refractivity contribution < 1.29 is 17.3 Å². The van der Waals surface area contributed by atoms with Gasteiger partial charge < -0.3 is 10.5 Å². The van der Waals surface area contributed by atoms with E-state index in [0.717, 1.165) is 9.28 Å². The summed E-state index contributed by atoms with van der Waals surface area (Å²) in [5.41, 5.74) is 6.27. The molecule has 2 heterocycles. The molecule has 12 heteroatoms. The summed E-state index contributed by atoms with van der Waals surface area (Å²) >= 11 is 3.77. The summed E-state index contributed by atoms with van der Waals surface area (Å²) in [6.45, 7) is 5.75. The predicted octanol–water partition coefficient (Wildman–Crippen LogP) is 4.85. The Balaban J connectivity index is 0.00000204. The van der Waals surface area contributed by atoms with E-state index in [2.05, 4.69) is 28.4 Å². The van der Waals surface area contributed by atoms with E-state index in [4.69, 9.17) is 4.74 Å². The minimum absolute atomic E-state index is 0.174. The van der Waals surface area contributed by atoms with Crippen LogP contribution in [0.1, 0.15) is 39.3 Å². The smallest absolute Gasteiger partial charge is 0.308 e. The quantitative estimate of drug-likeness (QED) is 0.309. The van der Waals surface area contributed by atoms with Crippen LogP contribution in [-0.2, 0) is 9.53 Å². The lowest BCUT2D eigenvalue weighted by Gasteiger charge is -2.16. The summed E-state index contributed by atoms with van der Waals surface area (Å²) in [4.78, 5) is 16.8. The molecule has 2 aromatic heterocycles. The van der Waals surface area contributed by atoms with Gasteiger partial charge in [0.2, 0.25) is 0 Å². The Kier molecular flexibility index (Phi) is 11.4. The van der Waals surface area contributed by atoms with Crippen LogP contribution in [0.5, 0.6) is 0 Å². The number of nitrogens with two attached hydrogens (primary N) is 1. The Morgan fingerprint density at radius 1 is 1.45 bits per heavy atom. The van der Waals surface area contributed by atoms with Crippen molar-refractivity contribution >= 4 is 60.3 Å². The van der Waals surface area contributed by atoms with Crippen LogP contribution in [0, 0.1) is 5.92 Å². The van der Waals surface area contributed by atoms with Crippen LogP contribution in [-0.4, -0.2) is 34.2 Å². The van der Waals surface area contributed by atoms with E-state index in [1.807, 2.05) is 13.0 Å². The van der Waals surface area contributed by atoms with Crippen LogP contribution in [0.3, 0.4) is 0 Å². The van der Waals surface area contributed by atoms with E-state index in [0.29, 0.717) is 35.7 Å². The van der Waals surface area contributed by atoms with Gasteiger partial charge in [0.15, 0.2) is 36.1 Å². The molecule has 0 radical (unpaired) electrons. The molecule has 7 nitrogen and oxygen atoms in total. The third-order valence-corrected chi connectivity index (χ3v) is 5.24. The molecule has 0 spiro atoms. The summed E-state index contributed by atoms with van der Waals surface area (Å²) in [6.07, 6.45) is 4.44. The number of ether oxygens (including phenoxy) is 1. The average Bonchev–Trinajstić information content (AvgIpc) is 3.12. The first kappa shape index (κ1) is 25.5. The number of fused-ring (bicyclic) bond motifs is 1. The Bertz CT molecular complexity index is 831. The third-order valence-electron chi connectivity index (χ3n) is 3.96. The number of halogens is 2. The van der Waals surface area contributed by atoms with E-state index in [1.165, 1.54) is 17.8 Å². The van der Waals surface area contributed by atoms with Crippen LogP contribution in [0.4, 0.5) is 13.6 Å². The lowest BCUT2D eigenvalue weighted by atomic mass is 9.99. The molecule has 1 unspecified atom stereocenters. The zero-order valence-corrected chi connectivity index (χ0v) is 19.2. The van der Waals surface area contributed by atoms with E-state index in [-0.39, 0.29) is 42.4 Å². The van der Waals surface area contributed by atoms with Crippen molar-refractivity contribution in [2.24, 2.45) is 11.7 Å². The van der Waals surface area contributed by atoms with Crippen LogP contribution in [0.15, 0.2) is 23.2 Å². The van der Waals surface area contributed by atoms with Gasteiger partial charge in [-0.25, -0.2) is 4.98 Å². The Morgan fingerprint density at radius 2 is 2.10 bits per heavy atom. The fourth-order valence-corrected chi connectivity index (χ4v) is 3.19. The van der Waals surface area contributed by atoms with Gasteiger partial charge in [-0.15, -0.1) is 20.4 Å². The van der Waals surface area contributed by atoms with Gasteiger partial charge in [-0.05, 0) is 39.3 Å². The molecular weight excluding hydrogens is 440 g/mol. The molecule has 0 amide bonds. The van der Waals surface area contributed by atoms with E-state index >= 15 is 0 Å². The Morgan fingerprint density at radius 3 is 2.66 bits per heavy atom. The van der Waals surface area contributed by atoms with Crippen LogP contribution < -0.4 is 9.44 Å². The molecule has 0 saturated heterocycles. The molecule has 29 heavy (non-hydrogen) atoms. The van der Waals surface area contributed by atoms with Crippen molar-refractivity contribution in [1.29, 1.82) is 0 Å². The largest absolute Gasteiger partial charge is 0.466 e. The normalized spacial score (nSPS) is 12.3. The fourth-order valence-electron chi connectivity index (χ4n) is 2.51. The first-order chi connectivity index (χ1) is 14.0. The minimum atomic E-state index is -0.270. The van der Waals surface area contributed by atoms with Crippen LogP contribution >= 0.6 is 37.3 Å². The van der Waals surface area contributed by atoms with Gasteiger partial charge in [0.1, 0.15) is 0 Å². The third kappa shape index (κ3) is 6.49. The second-order valence-electron chi connectivity index (χ2n) is 5.67. The van der Waals surface area contributed by atoms with Crippen molar-refractivity contribution in [3.8, 4) is 0 Å². The van der Waals surface area contributed by atoms with Gasteiger partial charge in [0.05, 0.1) is 29.3 Å². The predicted molar refractivity (Wildman–Crippen MR) is 119 cm³/mol. The number of anilines is 1. The second kappa shape index (κ2) is 12.9. The zero-order valence-electron chi connectivity index (χ0n) is 16.6. The summed E-state index contributed by atoms with van der Waals surface area (Å²) in [5.74, 6) is -0.342. The number of esters is 1. The van der Waals surface area contributed by atoms with Gasteiger partial charge in [0, 0.05) is 6.07 Å². The van der Waals surface area contributed by atoms with Gasteiger partial charge in [0.25, 0.3) is 0 Å². The molecule has 2 rings (SSSR count). The number of rotatable bonds is 9. The molecule has 0 saturated carbocycles. The maximum Gasteiger partial charge on any atom is 0.308 e. The van der Waals surface area contributed by atoms with E-state index in [9.17, 15) is 12.6 Å². The highest BCUT2D eigenvalue weighted by Gasteiger charge is 2.20. The number of hydrogen-bond donors (Lipinski definition) is 2. The van der Waals surface area contributed by atoms with E-state index in [1.54, 1.807) is 19.9 Å². The number of carbonyl (C=O) groups excluding carboxylic acids is 1. The van der Waals surface area contributed by atoms with Crippen molar-refractivity contribution in [3.63, 3.8) is 0 Å². The maximum atomic E-state index is 13.1. The number of aromatic nitrogens is 3. The average molecular weight is 466 g/mol. The SMILES string of the molecule is C/C=C(\CCC(C)C(=O)OCC)c1cc(N(SF)SF)n2ncc(S)c2n1.CN. The molecule has 0 bridgehead atoms. The van der Waals surface area contributed by atoms with Gasteiger partial charge in [-0.1, -0.05) is 13.0 Å². The standard InChI is InChI=1S/C16H20F2N4O2S3.CH5N/c1-4-11(7-6-10(3)16(23)24-5-2)12-8-14(22(26-17)27-18)21-15(20-12)13(25)9-19-21;1-2/h4,8-10,25H,5-7H2,1-3H3;2H2,1H3/b11-4+;.